The predicted octanol–water partition coefficient (Wildman–Crippen LogP) is 3.07. The lowest BCUT2D eigenvalue weighted by atomic mass is 9.92. The average Bonchev–Trinajstić information content (AvgIpc) is 2.61. The van der Waals surface area contributed by atoms with Gasteiger partial charge in [0.25, 0.3) is 0 Å². The van der Waals surface area contributed by atoms with E-state index in [-0.39, 0.29) is 5.92 Å². The predicted molar refractivity (Wildman–Crippen MR) is 78.1 cm³/mol. The third-order valence-corrected chi connectivity index (χ3v) is 3.68. The SMILES string of the molecule is CC1c2ccccc2[C@@H](NC(=O)OC(C)(C)C)[C@H]1C(=O)O. The van der Waals surface area contributed by atoms with E-state index >= 15 is 0 Å². The minimum atomic E-state index is -0.917. The lowest BCUT2D eigenvalue weighted by Crippen LogP contribution is -2.38. The zero-order valence-electron chi connectivity index (χ0n) is 12.7. The maximum absolute atomic E-state index is 12.0. The van der Waals surface area contributed by atoms with Gasteiger partial charge in [0, 0.05) is 0 Å². The number of alkyl carbamates (subject to hydrolysis) is 1. The second-order valence-corrected chi connectivity index (χ2v) is 6.41. The van der Waals surface area contributed by atoms with Crippen LogP contribution in [0, 0.1) is 5.92 Å². The summed E-state index contributed by atoms with van der Waals surface area (Å²) in [7, 11) is 0. The number of fused-ring (bicyclic) bond motifs is 1. The number of nitrogens with one attached hydrogen (secondary N) is 1. The van der Waals surface area contributed by atoms with Crippen molar-refractivity contribution in [1.29, 1.82) is 0 Å². The molecule has 0 fully saturated rings. The summed E-state index contributed by atoms with van der Waals surface area (Å²) < 4.78 is 5.24. The minimum absolute atomic E-state index is 0.154. The second-order valence-electron chi connectivity index (χ2n) is 6.41. The summed E-state index contributed by atoms with van der Waals surface area (Å²) in [5.74, 6) is -1.76. The molecule has 5 heteroatoms. The largest absolute Gasteiger partial charge is 0.481 e. The standard InChI is InChI=1S/C16H21NO4/c1-9-10-7-5-6-8-11(10)13(12(9)14(18)19)17-15(20)21-16(2,3)4/h5-9,12-13H,1-4H3,(H,17,20)(H,18,19)/t9?,12-,13+/m0/s1. The van der Waals surface area contributed by atoms with Crippen molar-refractivity contribution in [1.82, 2.24) is 5.32 Å². The summed E-state index contributed by atoms with van der Waals surface area (Å²) in [6.07, 6.45) is -0.595. The van der Waals surface area contributed by atoms with Gasteiger partial charge in [-0.25, -0.2) is 4.79 Å². The number of amides is 1. The van der Waals surface area contributed by atoms with Gasteiger partial charge in [0.2, 0.25) is 0 Å². The van der Waals surface area contributed by atoms with Crippen LogP contribution < -0.4 is 5.32 Å². The Morgan fingerprint density at radius 3 is 2.29 bits per heavy atom. The van der Waals surface area contributed by atoms with Gasteiger partial charge in [-0.15, -0.1) is 0 Å². The molecule has 0 saturated heterocycles. The van der Waals surface area contributed by atoms with Gasteiger partial charge in [-0.2, -0.15) is 0 Å². The van der Waals surface area contributed by atoms with Crippen molar-refractivity contribution in [2.45, 2.75) is 45.3 Å². The Morgan fingerprint density at radius 1 is 1.19 bits per heavy atom. The summed E-state index contributed by atoms with van der Waals surface area (Å²) in [6.45, 7) is 7.18. The first-order chi connectivity index (χ1) is 9.70. The van der Waals surface area contributed by atoms with Gasteiger partial charge in [-0.3, -0.25) is 4.79 Å². The van der Waals surface area contributed by atoms with Crippen LogP contribution >= 0.6 is 0 Å². The first-order valence-electron chi connectivity index (χ1n) is 7.02. The summed E-state index contributed by atoms with van der Waals surface area (Å²) in [5.41, 5.74) is 1.20. The second kappa shape index (κ2) is 5.39. The molecule has 2 N–H and O–H groups in total. The van der Waals surface area contributed by atoms with Crippen LogP contribution in [0.4, 0.5) is 4.79 Å². The lowest BCUT2D eigenvalue weighted by Gasteiger charge is -2.24. The van der Waals surface area contributed by atoms with Crippen molar-refractivity contribution in [2.24, 2.45) is 5.92 Å². The van der Waals surface area contributed by atoms with Crippen molar-refractivity contribution in [3.8, 4) is 0 Å². The first kappa shape index (κ1) is 15.4. The molecule has 0 aromatic heterocycles. The smallest absolute Gasteiger partial charge is 0.408 e. The number of hydrogen-bond donors (Lipinski definition) is 2. The maximum Gasteiger partial charge on any atom is 0.408 e. The molecule has 0 radical (unpaired) electrons. The Balaban J connectivity index is 2.27. The Morgan fingerprint density at radius 2 is 1.76 bits per heavy atom. The number of rotatable bonds is 2. The van der Waals surface area contributed by atoms with Crippen molar-refractivity contribution in [3.63, 3.8) is 0 Å². The Kier molecular flexibility index (Phi) is 3.94. The topological polar surface area (TPSA) is 75.6 Å². The first-order valence-corrected chi connectivity index (χ1v) is 7.02. The van der Waals surface area contributed by atoms with Crippen molar-refractivity contribution < 1.29 is 19.4 Å². The number of carbonyl (C=O) groups excluding carboxylic acids is 1. The molecule has 1 aromatic rings. The molecule has 3 atom stereocenters. The third kappa shape index (κ3) is 3.17. The van der Waals surface area contributed by atoms with Crippen LogP contribution in [0.2, 0.25) is 0 Å². The molecule has 1 aliphatic rings. The van der Waals surface area contributed by atoms with Gasteiger partial charge in [-0.05, 0) is 37.8 Å². The van der Waals surface area contributed by atoms with Crippen LogP contribution in [0.15, 0.2) is 24.3 Å². The van der Waals surface area contributed by atoms with Gasteiger partial charge in [-0.1, -0.05) is 31.2 Å². The molecule has 0 heterocycles. The number of ether oxygens (including phenoxy) is 1. The Hall–Kier alpha value is -2.04. The lowest BCUT2D eigenvalue weighted by molar-refractivity contribution is -0.143. The van der Waals surface area contributed by atoms with E-state index in [1.165, 1.54) is 0 Å². The average molecular weight is 291 g/mol. The molecule has 1 unspecified atom stereocenters. The molecule has 0 saturated carbocycles. The molecule has 114 valence electrons. The molecular weight excluding hydrogens is 270 g/mol. The van der Waals surface area contributed by atoms with Gasteiger partial charge >= 0.3 is 12.1 Å². The summed E-state index contributed by atoms with van der Waals surface area (Å²) >= 11 is 0. The fourth-order valence-corrected chi connectivity index (χ4v) is 2.84. The van der Waals surface area contributed by atoms with Gasteiger partial charge in [0.05, 0.1) is 12.0 Å². The summed E-state index contributed by atoms with van der Waals surface area (Å²) in [4.78, 5) is 23.5. The van der Waals surface area contributed by atoms with E-state index in [1.807, 2.05) is 31.2 Å². The van der Waals surface area contributed by atoms with E-state index in [0.717, 1.165) is 11.1 Å². The summed E-state index contributed by atoms with van der Waals surface area (Å²) in [5, 5.41) is 12.2. The van der Waals surface area contributed by atoms with Gasteiger partial charge in [0.15, 0.2) is 0 Å². The van der Waals surface area contributed by atoms with Gasteiger partial charge in [0.1, 0.15) is 5.60 Å². The van der Waals surface area contributed by atoms with Crippen molar-refractivity contribution in [3.05, 3.63) is 35.4 Å². The van der Waals surface area contributed by atoms with Crippen LogP contribution in [0.5, 0.6) is 0 Å². The number of benzene rings is 1. The number of carboxylic acids is 1. The van der Waals surface area contributed by atoms with Gasteiger partial charge < -0.3 is 15.2 Å². The van der Waals surface area contributed by atoms with E-state index in [1.54, 1.807) is 20.8 Å². The fraction of sp³-hybridized carbons (Fsp3) is 0.500. The number of carboxylic acid groups (broad SMARTS) is 1. The highest BCUT2D eigenvalue weighted by Crippen LogP contribution is 2.45. The Labute approximate surface area is 124 Å². The highest BCUT2D eigenvalue weighted by Gasteiger charge is 2.43. The van der Waals surface area contributed by atoms with E-state index in [2.05, 4.69) is 5.32 Å². The van der Waals surface area contributed by atoms with Crippen LogP contribution in [0.1, 0.15) is 50.8 Å². The van der Waals surface area contributed by atoms with E-state index in [0.29, 0.717) is 0 Å². The van der Waals surface area contributed by atoms with Crippen LogP contribution in [-0.2, 0) is 9.53 Å². The van der Waals surface area contributed by atoms with Crippen molar-refractivity contribution >= 4 is 12.1 Å². The molecule has 0 spiro atoms. The summed E-state index contributed by atoms with van der Waals surface area (Å²) in [6, 6.07) is 6.93. The van der Waals surface area contributed by atoms with E-state index in [4.69, 9.17) is 4.74 Å². The minimum Gasteiger partial charge on any atom is -0.481 e. The highest BCUT2D eigenvalue weighted by atomic mass is 16.6. The molecule has 0 bridgehead atoms. The van der Waals surface area contributed by atoms with Crippen LogP contribution in [-0.4, -0.2) is 22.8 Å². The molecule has 1 amide bonds. The maximum atomic E-state index is 12.0. The van der Waals surface area contributed by atoms with Crippen LogP contribution in [0.3, 0.4) is 0 Å². The molecule has 5 nitrogen and oxygen atoms in total. The number of hydrogen-bond acceptors (Lipinski definition) is 3. The molecule has 21 heavy (non-hydrogen) atoms. The van der Waals surface area contributed by atoms with Crippen molar-refractivity contribution in [2.75, 3.05) is 0 Å². The van der Waals surface area contributed by atoms with E-state index in [9.17, 15) is 14.7 Å². The zero-order valence-corrected chi connectivity index (χ0v) is 12.7. The zero-order chi connectivity index (χ0) is 15.8. The quantitative estimate of drug-likeness (QED) is 0.878. The monoisotopic (exact) mass is 291 g/mol. The normalized spacial score (nSPS) is 24.3. The Bertz CT molecular complexity index is 562. The third-order valence-electron chi connectivity index (χ3n) is 3.68. The fourth-order valence-electron chi connectivity index (χ4n) is 2.84. The molecular formula is C16H21NO4. The molecule has 1 aromatic carbocycles. The molecule has 1 aliphatic carbocycles. The molecule has 0 aliphatic heterocycles. The van der Waals surface area contributed by atoms with Crippen LogP contribution in [0.25, 0.3) is 0 Å². The molecule has 2 rings (SSSR count). The highest BCUT2D eigenvalue weighted by molar-refractivity contribution is 5.77. The number of aliphatic carboxylic acids is 1. The van der Waals surface area contributed by atoms with E-state index < -0.39 is 29.6 Å². The number of carbonyl (C=O) groups is 2.